The minimum Gasteiger partial charge on any atom is -0.322 e. The molecule has 3 N–H and O–H groups in total. The molecule has 31 heavy (non-hydrogen) atoms. The monoisotopic (exact) mass is 460 g/mol. The molecule has 0 radical (unpaired) electrons. The highest BCUT2D eigenvalue weighted by atomic mass is 32.2. The van der Waals surface area contributed by atoms with Crippen molar-refractivity contribution in [2.45, 2.75) is 11.8 Å². The van der Waals surface area contributed by atoms with Gasteiger partial charge >= 0.3 is 0 Å². The van der Waals surface area contributed by atoms with Crippen LogP contribution in [-0.4, -0.2) is 34.0 Å². The molecule has 3 rings (SSSR count). The van der Waals surface area contributed by atoms with E-state index in [1.165, 1.54) is 48.8 Å². The Hall–Kier alpha value is -3.44. The lowest BCUT2D eigenvalue weighted by atomic mass is 10.1. The van der Waals surface area contributed by atoms with Crippen LogP contribution in [0.3, 0.4) is 0 Å². The van der Waals surface area contributed by atoms with E-state index in [9.17, 15) is 21.6 Å². The van der Waals surface area contributed by atoms with Gasteiger partial charge in [-0.2, -0.15) is 0 Å². The number of anilines is 3. The van der Waals surface area contributed by atoms with Gasteiger partial charge in [0.2, 0.25) is 10.0 Å². The van der Waals surface area contributed by atoms with Crippen LogP contribution < -0.4 is 14.8 Å². The second-order valence-electron chi connectivity index (χ2n) is 6.73. The van der Waals surface area contributed by atoms with Crippen molar-refractivity contribution in [2.75, 3.05) is 21.0 Å². The van der Waals surface area contributed by atoms with Gasteiger partial charge in [-0.1, -0.05) is 0 Å². The molecule has 3 aromatic rings. The highest BCUT2D eigenvalue weighted by Gasteiger charge is 2.15. The number of hydrogen-bond donors (Lipinski definition) is 3. The Morgan fingerprint density at radius 1 is 0.903 bits per heavy atom. The van der Waals surface area contributed by atoms with E-state index >= 15 is 0 Å². The first-order chi connectivity index (χ1) is 14.5. The molecular weight excluding hydrogens is 440 g/mol. The number of carbonyl (C=O) groups excluding carboxylic acids is 1. The van der Waals surface area contributed by atoms with Gasteiger partial charge in [0.1, 0.15) is 0 Å². The predicted octanol–water partition coefficient (Wildman–Crippen LogP) is 2.81. The molecule has 0 aliphatic carbocycles. The van der Waals surface area contributed by atoms with E-state index in [1.807, 2.05) is 0 Å². The lowest BCUT2D eigenvalue weighted by Crippen LogP contribution is -2.15. The van der Waals surface area contributed by atoms with Crippen molar-refractivity contribution < 1.29 is 21.6 Å². The number of hydrogen-bond acceptors (Lipinski definition) is 6. The summed E-state index contributed by atoms with van der Waals surface area (Å²) in [5, 5.41) is 2.68. The number of rotatable bonds is 7. The van der Waals surface area contributed by atoms with E-state index < -0.39 is 26.0 Å². The van der Waals surface area contributed by atoms with Gasteiger partial charge < -0.3 is 5.32 Å². The zero-order chi connectivity index (χ0) is 22.6. The van der Waals surface area contributed by atoms with E-state index in [-0.39, 0.29) is 4.90 Å². The molecule has 1 aromatic heterocycles. The number of pyridine rings is 1. The van der Waals surface area contributed by atoms with Gasteiger partial charge in [0.05, 0.1) is 28.7 Å². The minimum atomic E-state index is -3.79. The van der Waals surface area contributed by atoms with Gasteiger partial charge in [-0.25, -0.2) is 16.8 Å². The molecule has 11 heteroatoms. The van der Waals surface area contributed by atoms with Crippen molar-refractivity contribution in [2.24, 2.45) is 0 Å². The molecule has 0 aliphatic rings. The second-order valence-corrected chi connectivity index (χ2v) is 10.2. The Morgan fingerprint density at radius 3 is 2.19 bits per heavy atom. The number of nitrogens with zero attached hydrogens (tertiary/aromatic N) is 1. The van der Waals surface area contributed by atoms with Crippen LogP contribution >= 0.6 is 0 Å². The summed E-state index contributed by atoms with van der Waals surface area (Å²) < 4.78 is 52.4. The molecular formula is C20H20N4O5S2. The number of sulfonamides is 2. The fourth-order valence-corrected chi connectivity index (χ4v) is 4.35. The van der Waals surface area contributed by atoms with E-state index in [0.717, 1.165) is 6.26 Å². The smallest absolute Gasteiger partial charge is 0.261 e. The number of aromatic nitrogens is 1. The molecule has 0 fully saturated rings. The summed E-state index contributed by atoms with van der Waals surface area (Å²) in [4.78, 5) is 16.4. The number of benzene rings is 2. The quantitative estimate of drug-likeness (QED) is 0.496. The van der Waals surface area contributed by atoms with Crippen LogP contribution in [0.5, 0.6) is 0 Å². The van der Waals surface area contributed by atoms with Gasteiger partial charge in [0.25, 0.3) is 15.9 Å². The predicted molar refractivity (Wildman–Crippen MR) is 119 cm³/mol. The molecule has 0 saturated heterocycles. The maximum absolute atomic E-state index is 12.5. The number of aryl methyl sites for hydroxylation is 1. The first-order valence-corrected chi connectivity index (χ1v) is 12.3. The largest absolute Gasteiger partial charge is 0.322 e. The van der Waals surface area contributed by atoms with E-state index in [2.05, 4.69) is 19.7 Å². The molecule has 0 bridgehead atoms. The molecule has 162 valence electrons. The number of amides is 1. The normalized spacial score (nSPS) is 11.5. The molecule has 1 heterocycles. The Morgan fingerprint density at radius 2 is 1.61 bits per heavy atom. The van der Waals surface area contributed by atoms with Crippen molar-refractivity contribution >= 4 is 43.0 Å². The van der Waals surface area contributed by atoms with Gasteiger partial charge in [0, 0.05) is 17.4 Å². The van der Waals surface area contributed by atoms with Crippen LogP contribution in [0.15, 0.2) is 71.9 Å². The third-order valence-electron chi connectivity index (χ3n) is 4.12. The maximum Gasteiger partial charge on any atom is 0.261 e. The van der Waals surface area contributed by atoms with Crippen molar-refractivity contribution in [3.8, 4) is 0 Å². The minimum absolute atomic E-state index is 0.0291. The summed E-state index contributed by atoms with van der Waals surface area (Å²) >= 11 is 0. The zero-order valence-corrected chi connectivity index (χ0v) is 18.3. The van der Waals surface area contributed by atoms with Crippen molar-refractivity contribution in [1.82, 2.24) is 4.98 Å². The second kappa shape index (κ2) is 8.74. The van der Waals surface area contributed by atoms with Crippen molar-refractivity contribution in [3.05, 3.63) is 78.1 Å². The van der Waals surface area contributed by atoms with Crippen LogP contribution in [0.1, 0.15) is 15.9 Å². The SMILES string of the molecule is Cc1cc(C(=O)Nc2ccc(S(=O)(=O)Nc3cccnc3)cc2)ccc1NS(C)(=O)=O. The molecule has 0 saturated carbocycles. The standard InChI is InChI=1S/C20H20N4O5S2/c1-14-12-15(5-10-19(14)24-30(2,26)27)20(25)22-16-6-8-18(9-7-16)31(28,29)23-17-4-3-11-21-13-17/h3-13,23-24H,1-2H3,(H,22,25). The lowest BCUT2D eigenvalue weighted by molar-refractivity contribution is 0.102. The summed E-state index contributed by atoms with van der Waals surface area (Å²) in [5.74, 6) is -0.418. The fraction of sp³-hybridized carbons (Fsp3) is 0.100. The molecule has 0 unspecified atom stereocenters. The lowest BCUT2D eigenvalue weighted by Gasteiger charge is -2.11. The molecule has 0 spiro atoms. The van der Waals surface area contributed by atoms with Crippen LogP contribution in [-0.2, 0) is 20.0 Å². The summed E-state index contributed by atoms with van der Waals surface area (Å²) in [6.07, 6.45) is 3.97. The van der Waals surface area contributed by atoms with E-state index in [1.54, 1.807) is 25.1 Å². The third kappa shape index (κ3) is 6.03. The summed E-state index contributed by atoms with van der Waals surface area (Å²) in [6, 6.07) is 13.4. The average Bonchev–Trinajstić information content (AvgIpc) is 2.69. The molecule has 2 aromatic carbocycles. The molecule has 1 amide bonds. The third-order valence-corrected chi connectivity index (χ3v) is 6.11. The Labute approximate surface area is 180 Å². The summed E-state index contributed by atoms with van der Waals surface area (Å²) in [5.41, 5.74) is 2.03. The van der Waals surface area contributed by atoms with Crippen LogP contribution in [0.2, 0.25) is 0 Å². The highest BCUT2D eigenvalue weighted by molar-refractivity contribution is 7.92. The van der Waals surface area contributed by atoms with Crippen molar-refractivity contribution in [1.29, 1.82) is 0 Å². The fourth-order valence-electron chi connectivity index (χ4n) is 2.68. The average molecular weight is 461 g/mol. The van der Waals surface area contributed by atoms with Gasteiger partial charge in [-0.3, -0.25) is 19.2 Å². The van der Waals surface area contributed by atoms with Crippen LogP contribution in [0, 0.1) is 6.92 Å². The summed E-state index contributed by atoms with van der Waals surface area (Å²) in [6.45, 7) is 1.68. The Bertz CT molecular complexity index is 1310. The van der Waals surface area contributed by atoms with E-state index in [4.69, 9.17) is 0 Å². The highest BCUT2D eigenvalue weighted by Crippen LogP contribution is 2.20. The zero-order valence-electron chi connectivity index (χ0n) is 16.7. The first kappa shape index (κ1) is 22.2. The number of nitrogens with one attached hydrogen (secondary N) is 3. The van der Waals surface area contributed by atoms with Crippen LogP contribution in [0.4, 0.5) is 17.1 Å². The van der Waals surface area contributed by atoms with Crippen LogP contribution in [0.25, 0.3) is 0 Å². The topological polar surface area (TPSA) is 134 Å². The summed E-state index contributed by atoms with van der Waals surface area (Å²) in [7, 11) is -7.22. The Kier molecular flexibility index (Phi) is 6.27. The van der Waals surface area contributed by atoms with Gasteiger partial charge in [-0.15, -0.1) is 0 Å². The van der Waals surface area contributed by atoms with Gasteiger partial charge in [0.15, 0.2) is 0 Å². The van der Waals surface area contributed by atoms with Gasteiger partial charge in [-0.05, 0) is 67.1 Å². The Balaban J connectivity index is 1.71. The van der Waals surface area contributed by atoms with Crippen molar-refractivity contribution in [3.63, 3.8) is 0 Å². The first-order valence-electron chi connectivity index (χ1n) is 8.96. The molecule has 0 aliphatic heterocycles. The van der Waals surface area contributed by atoms with E-state index in [0.29, 0.717) is 28.2 Å². The number of carbonyl (C=O) groups is 1. The maximum atomic E-state index is 12.5. The molecule has 0 atom stereocenters. The molecule has 9 nitrogen and oxygen atoms in total.